The maximum Gasteiger partial charge on any atom is 0.416 e. The van der Waals surface area contributed by atoms with E-state index in [1.807, 2.05) is 16.8 Å². The number of thiophene rings is 1. The maximum atomic E-state index is 12.7. The van der Waals surface area contributed by atoms with Crippen LogP contribution in [0.15, 0.2) is 29.0 Å². The van der Waals surface area contributed by atoms with Crippen LogP contribution in [0.5, 0.6) is 0 Å². The van der Waals surface area contributed by atoms with E-state index in [9.17, 15) is 13.2 Å². The quantitative estimate of drug-likeness (QED) is 0.597. The zero-order valence-electron chi connectivity index (χ0n) is 9.66. The van der Waals surface area contributed by atoms with Crippen LogP contribution < -0.4 is 16.6 Å². The minimum absolute atomic E-state index is 0.0392. The number of nitrogen functional groups attached to an aromatic ring is 1. The van der Waals surface area contributed by atoms with E-state index in [0.29, 0.717) is 6.54 Å². The largest absolute Gasteiger partial charge is 0.416 e. The van der Waals surface area contributed by atoms with Gasteiger partial charge in [0, 0.05) is 6.54 Å². The highest BCUT2D eigenvalue weighted by molar-refractivity contribution is 7.07. The molecule has 4 N–H and O–H groups in total. The van der Waals surface area contributed by atoms with E-state index in [0.717, 1.165) is 17.7 Å². The van der Waals surface area contributed by atoms with Crippen LogP contribution in [0.3, 0.4) is 0 Å². The summed E-state index contributed by atoms with van der Waals surface area (Å²) in [6, 6.07) is 3.69. The first-order valence-electron chi connectivity index (χ1n) is 5.30. The van der Waals surface area contributed by atoms with Crippen molar-refractivity contribution in [1.82, 2.24) is 4.98 Å². The summed E-state index contributed by atoms with van der Waals surface area (Å²) >= 11 is 1.52. The molecule has 19 heavy (non-hydrogen) atoms. The Balaban J connectivity index is 2.19. The Labute approximate surface area is 111 Å². The fourth-order valence-corrected chi connectivity index (χ4v) is 2.11. The number of alkyl halides is 3. The highest BCUT2D eigenvalue weighted by Crippen LogP contribution is 2.31. The molecule has 2 heterocycles. The first-order valence-corrected chi connectivity index (χ1v) is 6.24. The Bertz CT molecular complexity index is 539. The van der Waals surface area contributed by atoms with Crippen molar-refractivity contribution in [3.05, 3.63) is 40.1 Å². The second-order valence-electron chi connectivity index (χ2n) is 3.75. The number of hydrogen-bond donors (Lipinski definition) is 3. The Hall–Kier alpha value is -1.80. The number of rotatable bonds is 4. The summed E-state index contributed by atoms with van der Waals surface area (Å²) in [7, 11) is 0. The van der Waals surface area contributed by atoms with Crippen LogP contribution in [0.25, 0.3) is 0 Å². The van der Waals surface area contributed by atoms with E-state index >= 15 is 0 Å². The molecule has 0 atom stereocenters. The van der Waals surface area contributed by atoms with Gasteiger partial charge in [0.2, 0.25) is 0 Å². The van der Waals surface area contributed by atoms with Gasteiger partial charge in [-0.2, -0.15) is 24.5 Å². The standard InChI is InChI=1S/C11H11F3N4S/c12-11(13,14)8-3-9(17-10(4-8)18-15)16-5-7-1-2-19-6-7/h1-4,6H,5,15H2,(H2,16,17,18). The fraction of sp³-hybridized carbons (Fsp3) is 0.182. The van der Waals surface area contributed by atoms with Crippen molar-refractivity contribution < 1.29 is 13.2 Å². The van der Waals surface area contributed by atoms with Gasteiger partial charge < -0.3 is 10.7 Å². The van der Waals surface area contributed by atoms with Gasteiger partial charge >= 0.3 is 6.18 Å². The normalized spacial score (nSPS) is 11.4. The molecule has 2 rings (SSSR count). The van der Waals surface area contributed by atoms with Crippen molar-refractivity contribution in [2.24, 2.45) is 5.84 Å². The summed E-state index contributed by atoms with van der Waals surface area (Å²) in [5.74, 6) is 5.20. The molecule has 0 aliphatic rings. The van der Waals surface area contributed by atoms with Crippen LogP contribution in [0, 0.1) is 0 Å². The van der Waals surface area contributed by atoms with Crippen LogP contribution in [0.2, 0.25) is 0 Å². The lowest BCUT2D eigenvalue weighted by Gasteiger charge is -2.12. The van der Waals surface area contributed by atoms with Gasteiger partial charge in [-0.3, -0.25) is 0 Å². The number of nitrogens with two attached hydrogens (primary N) is 1. The summed E-state index contributed by atoms with van der Waals surface area (Å²) in [5.41, 5.74) is 2.30. The number of anilines is 2. The van der Waals surface area contributed by atoms with Crippen molar-refractivity contribution in [2.75, 3.05) is 10.7 Å². The molecule has 2 aromatic heterocycles. The number of halogens is 3. The van der Waals surface area contributed by atoms with Gasteiger partial charge in [0.05, 0.1) is 5.56 Å². The summed E-state index contributed by atoms with van der Waals surface area (Å²) in [6.07, 6.45) is -4.44. The van der Waals surface area contributed by atoms with Crippen molar-refractivity contribution in [2.45, 2.75) is 12.7 Å². The van der Waals surface area contributed by atoms with Crippen molar-refractivity contribution in [3.63, 3.8) is 0 Å². The average Bonchev–Trinajstić information content (AvgIpc) is 2.88. The highest BCUT2D eigenvalue weighted by atomic mass is 32.1. The van der Waals surface area contributed by atoms with Gasteiger partial charge in [-0.1, -0.05) is 0 Å². The molecular formula is C11H11F3N4S. The molecule has 0 saturated carbocycles. The summed E-state index contributed by atoms with van der Waals surface area (Å²) in [4.78, 5) is 3.92. The van der Waals surface area contributed by atoms with E-state index in [4.69, 9.17) is 5.84 Å². The fourth-order valence-electron chi connectivity index (χ4n) is 1.44. The lowest BCUT2D eigenvalue weighted by molar-refractivity contribution is -0.137. The summed E-state index contributed by atoms with van der Waals surface area (Å²) in [5, 5.41) is 6.63. The molecular weight excluding hydrogens is 277 g/mol. The van der Waals surface area contributed by atoms with E-state index in [1.165, 1.54) is 11.3 Å². The second kappa shape index (κ2) is 5.45. The number of hydrogen-bond acceptors (Lipinski definition) is 5. The number of hydrazine groups is 1. The first-order chi connectivity index (χ1) is 8.99. The molecule has 0 aliphatic carbocycles. The van der Waals surface area contributed by atoms with E-state index in [2.05, 4.69) is 15.7 Å². The molecule has 0 amide bonds. The second-order valence-corrected chi connectivity index (χ2v) is 4.53. The lowest BCUT2D eigenvalue weighted by Crippen LogP contribution is -2.13. The third kappa shape index (κ3) is 3.58. The Morgan fingerprint density at radius 2 is 2.00 bits per heavy atom. The van der Waals surface area contributed by atoms with Crippen LogP contribution in [-0.4, -0.2) is 4.98 Å². The Morgan fingerprint density at radius 3 is 2.58 bits per heavy atom. The molecule has 0 bridgehead atoms. The lowest BCUT2D eigenvalue weighted by atomic mass is 10.2. The topological polar surface area (TPSA) is 63.0 Å². The van der Waals surface area contributed by atoms with Gasteiger partial charge in [-0.05, 0) is 34.5 Å². The van der Waals surface area contributed by atoms with Gasteiger partial charge in [-0.25, -0.2) is 10.8 Å². The number of aromatic nitrogens is 1. The van der Waals surface area contributed by atoms with Crippen LogP contribution in [0.1, 0.15) is 11.1 Å². The molecule has 8 heteroatoms. The number of pyridine rings is 1. The van der Waals surface area contributed by atoms with Gasteiger partial charge in [0.15, 0.2) is 0 Å². The minimum atomic E-state index is -4.44. The third-order valence-electron chi connectivity index (χ3n) is 2.35. The Kier molecular flexibility index (Phi) is 3.91. The highest BCUT2D eigenvalue weighted by Gasteiger charge is 2.31. The maximum absolute atomic E-state index is 12.7. The predicted molar refractivity (Wildman–Crippen MR) is 68.7 cm³/mol. The molecule has 0 unspecified atom stereocenters. The van der Waals surface area contributed by atoms with E-state index in [-0.39, 0.29) is 11.6 Å². The van der Waals surface area contributed by atoms with Crippen molar-refractivity contribution >= 4 is 23.0 Å². The summed E-state index contributed by atoms with van der Waals surface area (Å²) in [6.45, 7) is 0.405. The Morgan fingerprint density at radius 1 is 1.26 bits per heavy atom. The van der Waals surface area contributed by atoms with Crippen molar-refractivity contribution in [3.8, 4) is 0 Å². The van der Waals surface area contributed by atoms with Gasteiger partial charge in [0.1, 0.15) is 11.6 Å². The van der Waals surface area contributed by atoms with Crippen LogP contribution >= 0.6 is 11.3 Å². The van der Waals surface area contributed by atoms with Crippen LogP contribution in [-0.2, 0) is 12.7 Å². The average molecular weight is 288 g/mol. The molecule has 0 aromatic carbocycles. The molecule has 0 aliphatic heterocycles. The monoisotopic (exact) mass is 288 g/mol. The molecule has 0 fully saturated rings. The molecule has 2 aromatic rings. The van der Waals surface area contributed by atoms with E-state index < -0.39 is 11.7 Å². The van der Waals surface area contributed by atoms with Gasteiger partial charge in [0.25, 0.3) is 0 Å². The molecule has 0 radical (unpaired) electrons. The van der Waals surface area contributed by atoms with E-state index in [1.54, 1.807) is 0 Å². The SMILES string of the molecule is NNc1cc(C(F)(F)F)cc(NCc2ccsc2)n1. The minimum Gasteiger partial charge on any atom is -0.366 e. The number of nitrogens with zero attached hydrogens (tertiary/aromatic N) is 1. The molecule has 4 nitrogen and oxygen atoms in total. The first kappa shape index (κ1) is 13.6. The molecule has 0 saturated heterocycles. The molecule has 102 valence electrons. The van der Waals surface area contributed by atoms with Gasteiger partial charge in [-0.15, -0.1) is 0 Å². The third-order valence-corrected chi connectivity index (χ3v) is 3.09. The smallest absolute Gasteiger partial charge is 0.366 e. The molecule has 0 spiro atoms. The summed E-state index contributed by atoms with van der Waals surface area (Å²) < 4.78 is 38.0. The zero-order chi connectivity index (χ0) is 13.9. The number of nitrogens with one attached hydrogen (secondary N) is 2. The van der Waals surface area contributed by atoms with Crippen LogP contribution in [0.4, 0.5) is 24.8 Å². The zero-order valence-corrected chi connectivity index (χ0v) is 10.5. The predicted octanol–water partition coefficient (Wildman–Crippen LogP) is 3.06. The van der Waals surface area contributed by atoms with Crippen molar-refractivity contribution in [1.29, 1.82) is 0 Å².